The van der Waals surface area contributed by atoms with Crippen LogP contribution in [0.15, 0.2) is 54.6 Å². The Labute approximate surface area is 157 Å². The molecule has 2 N–H and O–H groups in total. The van der Waals surface area contributed by atoms with Gasteiger partial charge in [0, 0.05) is 17.6 Å². The highest BCUT2D eigenvalue weighted by Crippen LogP contribution is 2.43. The van der Waals surface area contributed by atoms with Gasteiger partial charge in [-0.15, -0.1) is 0 Å². The predicted octanol–water partition coefficient (Wildman–Crippen LogP) is 5.68. The quantitative estimate of drug-likeness (QED) is 0.591. The molecule has 0 fully saturated rings. The molecule has 0 aliphatic carbocycles. The van der Waals surface area contributed by atoms with Crippen molar-refractivity contribution in [1.29, 1.82) is 0 Å². The third kappa shape index (κ3) is 3.88. The molecule has 0 saturated carbocycles. The molecule has 0 saturated heterocycles. The van der Waals surface area contributed by atoms with Crippen molar-refractivity contribution in [3.63, 3.8) is 0 Å². The molecule has 1 atom stereocenters. The van der Waals surface area contributed by atoms with Crippen LogP contribution in [0.5, 0.6) is 0 Å². The molecular weight excluding hydrogens is 351 g/mol. The Morgan fingerprint density at radius 3 is 2.22 bits per heavy atom. The van der Waals surface area contributed by atoms with Crippen molar-refractivity contribution in [2.45, 2.75) is 50.8 Å². The van der Waals surface area contributed by atoms with Crippen molar-refractivity contribution in [3.8, 4) is 0 Å². The summed E-state index contributed by atoms with van der Waals surface area (Å²) < 4.78 is 41.8. The van der Waals surface area contributed by atoms with E-state index in [2.05, 4.69) is 4.98 Å². The molecule has 0 aliphatic heterocycles. The summed E-state index contributed by atoms with van der Waals surface area (Å²) in [4.78, 5) is 3.00. The molecule has 1 heterocycles. The summed E-state index contributed by atoms with van der Waals surface area (Å²) in [5, 5.41) is 11.6. The third-order valence-electron chi connectivity index (χ3n) is 5.20. The lowest BCUT2D eigenvalue weighted by Crippen LogP contribution is -2.51. The Hall–Kier alpha value is -2.27. The zero-order chi connectivity index (χ0) is 19.9. The topological polar surface area (TPSA) is 36.0 Å². The number of nitrogens with one attached hydrogen (secondary N) is 1. The molecule has 144 valence electrons. The van der Waals surface area contributed by atoms with E-state index in [0.29, 0.717) is 5.69 Å². The van der Waals surface area contributed by atoms with Crippen LogP contribution in [0.1, 0.15) is 37.1 Å². The highest BCUT2D eigenvalue weighted by molar-refractivity contribution is 5.80. The van der Waals surface area contributed by atoms with Crippen LogP contribution in [-0.2, 0) is 11.8 Å². The average molecular weight is 375 g/mol. The Kier molecular flexibility index (Phi) is 4.85. The molecule has 1 aromatic heterocycles. The van der Waals surface area contributed by atoms with E-state index < -0.39 is 30.0 Å². The summed E-state index contributed by atoms with van der Waals surface area (Å²) in [6.07, 6.45) is -5.69. The minimum atomic E-state index is -4.75. The van der Waals surface area contributed by atoms with E-state index in [1.807, 2.05) is 55.5 Å². The van der Waals surface area contributed by atoms with Gasteiger partial charge in [0.2, 0.25) is 0 Å². The van der Waals surface area contributed by atoms with Gasteiger partial charge in [-0.1, -0.05) is 56.3 Å². The first-order valence-electron chi connectivity index (χ1n) is 8.94. The van der Waals surface area contributed by atoms with Crippen LogP contribution in [0.3, 0.4) is 0 Å². The molecule has 0 amide bonds. The number of halogens is 3. The first-order chi connectivity index (χ1) is 12.5. The fourth-order valence-corrected chi connectivity index (χ4v) is 3.97. The third-order valence-corrected chi connectivity index (χ3v) is 5.20. The van der Waals surface area contributed by atoms with Crippen molar-refractivity contribution in [1.82, 2.24) is 4.98 Å². The number of aryl methyl sites for hydroxylation is 1. The lowest BCUT2D eigenvalue weighted by molar-refractivity contribution is -0.266. The molecule has 0 aliphatic rings. The van der Waals surface area contributed by atoms with Gasteiger partial charge in [-0.2, -0.15) is 13.2 Å². The number of para-hydroxylation sites is 1. The van der Waals surface area contributed by atoms with Gasteiger partial charge in [-0.05, 0) is 47.4 Å². The number of benzene rings is 2. The van der Waals surface area contributed by atoms with Crippen LogP contribution in [0.25, 0.3) is 10.9 Å². The van der Waals surface area contributed by atoms with Crippen LogP contribution in [0.4, 0.5) is 13.2 Å². The molecule has 0 bridgehead atoms. The van der Waals surface area contributed by atoms with Crippen LogP contribution < -0.4 is 0 Å². The minimum absolute atomic E-state index is 0.372. The number of alkyl halides is 3. The Bertz CT molecular complexity index is 909. The zero-order valence-corrected chi connectivity index (χ0v) is 15.7. The lowest BCUT2D eigenvalue weighted by atomic mass is 9.72. The minimum Gasteiger partial charge on any atom is -0.380 e. The van der Waals surface area contributed by atoms with Gasteiger partial charge in [0.25, 0.3) is 0 Å². The molecule has 3 aromatic rings. The fourth-order valence-electron chi connectivity index (χ4n) is 3.97. The number of fused-ring (bicyclic) bond motifs is 1. The molecule has 0 spiro atoms. The molecule has 27 heavy (non-hydrogen) atoms. The maximum Gasteiger partial charge on any atom is 0.417 e. The molecule has 0 radical (unpaired) electrons. The summed E-state index contributed by atoms with van der Waals surface area (Å²) in [7, 11) is 0. The molecule has 5 heteroatoms. The van der Waals surface area contributed by atoms with Crippen molar-refractivity contribution < 1.29 is 18.3 Å². The van der Waals surface area contributed by atoms with E-state index in [4.69, 9.17) is 0 Å². The maximum atomic E-state index is 13.9. The van der Waals surface area contributed by atoms with Crippen molar-refractivity contribution in [3.05, 3.63) is 71.4 Å². The van der Waals surface area contributed by atoms with Crippen molar-refractivity contribution >= 4 is 10.9 Å². The average Bonchev–Trinajstić information content (AvgIpc) is 2.95. The zero-order valence-electron chi connectivity index (χ0n) is 15.7. The van der Waals surface area contributed by atoms with Crippen LogP contribution in [0.2, 0.25) is 0 Å². The standard InChI is InChI=1S/C22H24F3NO/c1-15-8-4-6-10-18(15)20(2,3)14-21(27,22(23,24)25)13-17-12-16-9-5-7-11-19(16)26-17/h4-12,26-27H,13-14H2,1-3H3. The van der Waals surface area contributed by atoms with E-state index in [-0.39, 0.29) is 0 Å². The SMILES string of the molecule is Cc1ccccc1C(C)(C)CC(O)(Cc1cc2ccccc2[nH]1)C(F)(F)F. The van der Waals surface area contributed by atoms with E-state index in [0.717, 1.165) is 22.0 Å². The van der Waals surface area contributed by atoms with Crippen LogP contribution >= 0.6 is 0 Å². The summed E-state index contributed by atoms with van der Waals surface area (Å²) >= 11 is 0. The highest BCUT2D eigenvalue weighted by atomic mass is 19.4. The number of aliphatic hydroxyl groups is 1. The van der Waals surface area contributed by atoms with Gasteiger partial charge in [-0.3, -0.25) is 0 Å². The number of hydrogen-bond acceptors (Lipinski definition) is 1. The monoisotopic (exact) mass is 375 g/mol. The lowest BCUT2D eigenvalue weighted by Gasteiger charge is -2.38. The van der Waals surface area contributed by atoms with Gasteiger partial charge in [0.1, 0.15) is 0 Å². The summed E-state index contributed by atoms with van der Waals surface area (Å²) in [5.41, 5.74) is -0.824. The molecular formula is C22H24F3NO. The first-order valence-corrected chi connectivity index (χ1v) is 8.94. The molecule has 1 unspecified atom stereocenters. The highest BCUT2D eigenvalue weighted by Gasteiger charge is 2.56. The number of hydrogen-bond donors (Lipinski definition) is 2. The van der Waals surface area contributed by atoms with Gasteiger partial charge < -0.3 is 10.1 Å². The second-order valence-corrected chi connectivity index (χ2v) is 7.96. The normalized spacial score (nSPS) is 15.1. The predicted molar refractivity (Wildman–Crippen MR) is 102 cm³/mol. The Morgan fingerprint density at radius 2 is 1.59 bits per heavy atom. The molecule has 2 aromatic carbocycles. The second kappa shape index (κ2) is 6.71. The number of aromatic amines is 1. The fraction of sp³-hybridized carbons (Fsp3) is 0.364. The van der Waals surface area contributed by atoms with Crippen LogP contribution in [-0.4, -0.2) is 21.9 Å². The van der Waals surface area contributed by atoms with Crippen molar-refractivity contribution in [2.24, 2.45) is 0 Å². The molecule has 3 rings (SSSR count). The van der Waals surface area contributed by atoms with Gasteiger partial charge in [0.05, 0.1) is 0 Å². The van der Waals surface area contributed by atoms with E-state index in [1.54, 1.807) is 19.9 Å². The maximum absolute atomic E-state index is 13.9. The molecule has 2 nitrogen and oxygen atoms in total. The second-order valence-electron chi connectivity index (χ2n) is 7.96. The van der Waals surface area contributed by atoms with E-state index >= 15 is 0 Å². The summed E-state index contributed by atoms with van der Waals surface area (Å²) in [6.45, 7) is 5.37. The van der Waals surface area contributed by atoms with E-state index in [1.165, 1.54) is 0 Å². The van der Waals surface area contributed by atoms with E-state index in [9.17, 15) is 18.3 Å². The summed E-state index contributed by atoms with van der Waals surface area (Å²) in [5.74, 6) is 0. The summed E-state index contributed by atoms with van der Waals surface area (Å²) in [6, 6.07) is 16.3. The first kappa shape index (κ1) is 19.5. The Morgan fingerprint density at radius 1 is 0.963 bits per heavy atom. The van der Waals surface area contributed by atoms with Gasteiger partial charge in [-0.25, -0.2) is 0 Å². The largest absolute Gasteiger partial charge is 0.417 e. The van der Waals surface area contributed by atoms with Gasteiger partial charge >= 0.3 is 6.18 Å². The van der Waals surface area contributed by atoms with Gasteiger partial charge in [0.15, 0.2) is 5.60 Å². The number of aromatic nitrogens is 1. The smallest absolute Gasteiger partial charge is 0.380 e. The van der Waals surface area contributed by atoms with Crippen molar-refractivity contribution in [2.75, 3.05) is 0 Å². The number of rotatable bonds is 5. The number of H-pyrrole nitrogens is 1. The Balaban J connectivity index is 1.96. The van der Waals surface area contributed by atoms with Crippen LogP contribution in [0, 0.1) is 6.92 Å².